The summed E-state index contributed by atoms with van der Waals surface area (Å²) in [6.45, 7) is 4.79. The highest BCUT2D eigenvalue weighted by Gasteiger charge is 2.30. The van der Waals surface area contributed by atoms with Gasteiger partial charge in [-0.15, -0.1) is 0 Å². The van der Waals surface area contributed by atoms with E-state index in [2.05, 4.69) is 19.9 Å². The van der Waals surface area contributed by atoms with Crippen LogP contribution in [0.15, 0.2) is 0 Å². The third-order valence-electron chi connectivity index (χ3n) is 3.17. The predicted molar refractivity (Wildman–Crippen MR) is 68.4 cm³/mol. The summed E-state index contributed by atoms with van der Waals surface area (Å²) in [5.74, 6) is 0. The third-order valence-corrected chi connectivity index (χ3v) is 3.17. The molecule has 0 bridgehead atoms. The number of carbonyl (C=O) groups is 1. The fraction of sp³-hybridized carbons (Fsp3) is 0.857. The van der Waals surface area contributed by atoms with Crippen molar-refractivity contribution >= 4 is 6.47 Å². The SMILES string of the molecule is CCCCCC(CC#N)(CCCCC)OC=O. The van der Waals surface area contributed by atoms with Crippen LogP contribution in [0.1, 0.15) is 71.6 Å². The van der Waals surface area contributed by atoms with E-state index in [-0.39, 0.29) is 0 Å². The van der Waals surface area contributed by atoms with Gasteiger partial charge in [0.15, 0.2) is 0 Å². The Morgan fingerprint density at radius 2 is 1.65 bits per heavy atom. The molecular formula is C14H25NO2. The molecule has 98 valence electrons. The molecule has 3 heteroatoms. The Bertz CT molecular complexity index is 223. The zero-order chi connectivity index (χ0) is 13.0. The first kappa shape index (κ1) is 16.0. The molecule has 0 radical (unpaired) electrons. The molecule has 0 aromatic carbocycles. The Hall–Kier alpha value is -1.04. The highest BCUT2D eigenvalue weighted by atomic mass is 16.5. The number of hydrogen-bond acceptors (Lipinski definition) is 3. The van der Waals surface area contributed by atoms with E-state index in [1.807, 2.05) is 0 Å². The summed E-state index contributed by atoms with van der Waals surface area (Å²) >= 11 is 0. The van der Waals surface area contributed by atoms with E-state index in [9.17, 15) is 4.79 Å². The van der Waals surface area contributed by atoms with Crippen molar-refractivity contribution in [2.45, 2.75) is 77.2 Å². The van der Waals surface area contributed by atoms with Crippen molar-refractivity contribution in [1.82, 2.24) is 0 Å². The van der Waals surface area contributed by atoms with Crippen LogP contribution in [0.5, 0.6) is 0 Å². The number of rotatable bonds is 11. The molecule has 0 fully saturated rings. The second-order valence-corrected chi connectivity index (χ2v) is 4.65. The van der Waals surface area contributed by atoms with Gasteiger partial charge in [0.05, 0.1) is 12.5 Å². The van der Waals surface area contributed by atoms with Crippen LogP contribution in [-0.2, 0) is 9.53 Å². The van der Waals surface area contributed by atoms with Gasteiger partial charge >= 0.3 is 0 Å². The number of carbonyl (C=O) groups excluding carboxylic acids is 1. The van der Waals surface area contributed by atoms with Crippen molar-refractivity contribution in [2.75, 3.05) is 0 Å². The number of ether oxygens (including phenoxy) is 1. The minimum absolute atomic E-state index is 0.319. The number of unbranched alkanes of at least 4 members (excludes halogenated alkanes) is 4. The monoisotopic (exact) mass is 239 g/mol. The lowest BCUT2D eigenvalue weighted by atomic mass is 9.87. The minimum Gasteiger partial charge on any atom is -0.460 e. The van der Waals surface area contributed by atoms with Crippen molar-refractivity contribution in [3.8, 4) is 6.07 Å². The standard InChI is InChI=1S/C14H25NO2/c1-3-5-7-9-14(11-12-15,17-13-16)10-8-6-4-2/h13H,3-11H2,1-2H3. The molecule has 0 aromatic rings. The third kappa shape index (κ3) is 6.99. The van der Waals surface area contributed by atoms with Gasteiger partial charge in [0.25, 0.3) is 6.47 Å². The second-order valence-electron chi connectivity index (χ2n) is 4.65. The van der Waals surface area contributed by atoms with E-state index >= 15 is 0 Å². The van der Waals surface area contributed by atoms with E-state index in [0.29, 0.717) is 12.9 Å². The van der Waals surface area contributed by atoms with Crippen LogP contribution in [0, 0.1) is 11.3 Å². The van der Waals surface area contributed by atoms with E-state index in [1.54, 1.807) is 0 Å². The average Bonchev–Trinajstić information content (AvgIpc) is 2.30. The summed E-state index contributed by atoms with van der Waals surface area (Å²) in [5, 5.41) is 8.90. The number of nitrogens with zero attached hydrogens (tertiary/aromatic N) is 1. The Morgan fingerprint density at radius 1 is 1.12 bits per heavy atom. The van der Waals surface area contributed by atoms with Gasteiger partial charge in [-0.1, -0.05) is 39.5 Å². The van der Waals surface area contributed by atoms with Crippen LogP contribution in [0.25, 0.3) is 0 Å². The van der Waals surface area contributed by atoms with Crippen LogP contribution in [0.3, 0.4) is 0 Å². The zero-order valence-electron chi connectivity index (χ0n) is 11.2. The zero-order valence-corrected chi connectivity index (χ0v) is 11.2. The topological polar surface area (TPSA) is 50.1 Å². The Kier molecular flexibility index (Phi) is 9.52. The first-order valence-corrected chi connectivity index (χ1v) is 6.73. The largest absolute Gasteiger partial charge is 0.460 e. The van der Waals surface area contributed by atoms with Gasteiger partial charge in [0.2, 0.25) is 0 Å². The molecule has 0 aliphatic heterocycles. The molecule has 17 heavy (non-hydrogen) atoms. The molecule has 0 atom stereocenters. The lowest BCUT2D eigenvalue weighted by Gasteiger charge is -2.30. The lowest BCUT2D eigenvalue weighted by Crippen LogP contribution is -2.32. The molecule has 0 aromatic heterocycles. The van der Waals surface area contributed by atoms with Gasteiger partial charge in [-0.2, -0.15) is 5.26 Å². The molecule has 0 amide bonds. The maximum absolute atomic E-state index is 10.6. The smallest absolute Gasteiger partial charge is 0.293 e. The summed E-state index contributed by atoms with van der Waals surface area (Å²) in [7, 11) is 0. The van der Waals surface area contributed by atoms with Gasteiger partial charge in [-0.05, 0) is 25.7 Å². The summed E-state index contributed by atoms with van der Waals surface area (Å²) in [5.41, 5.74) is -0.527. The number of hydrogen-bond donors (Lipinski definition) is 0. The normalized spacial score (nSPS) is 10.9. The summed E-state index contributed by atoms with van der Waals surface area (Å²) in [4.78, 5) is 10.6. The van der Waals surface area contributed by atoms with Gasteiger partial charge in [-0.3, -0.25) is 4.79 Å². The summed E-state index contributed by atoms with van der Waals surface area (Å²) < 4.78 is 5.26. The highest BCUT2D eigenvalue weighted by Crippen LogP contribution is 2.29. The van der Waals surface area contributed by atoms with Gasteiger partial charge in [-0.25, -0.2) is 0 Å². The van der Waals surface area contributed by atoms with Gasteiger partial charge in [0.1, 0.15) is 5.60 Å². The predicted octanol–water partition coefficient (Wildman–Crippen LogP) is 3.97. The van der Waals surface area contributed by atoms with Crippen LogP contribution in [0.2, 0.25) is 0 Å². The summed E-state index contributed by atoms with van der Waals surface area (Å²) in [6, 6.07) is 2.16. The van der Waals surface area contributed by atoms with Crippen molar-refractivity contribution in [1.29, 1.82) is 5.26 Å². The second kappa shape index (κ2) is 10.1. The molecule has 0 rings (SSSR count). The molecule has 0 saturated carbocycles. The maximum atomic E-state index is 10.6. The van der Waals surface area contributed by atoms with Crippen LogP contribution >= 0.6 is 0 Å². The Balaban J connectivity index is 4.37. The van der Waals surface area contributed by atoms with E-state index in [0.717, 1.165) is 51.4 Å². The van der Waals surface area contributed by atoms with Crippen LogP contribution in [0.4, 0.5) is 0 Å². The molecule has 0 spiro atoms. The average molecular weight is 239 g/mol. The van der Waals surface area contributed by atoms with E-state index < -0.39 is 5.60 Å². The Labute approximate surface area is 105 Å². The first-order valence-electron chi connectivity index (χ1n) is 6.73. The Morgan fingerprint density at radius 3 is 2.00 bits per heavy atom. The fourth-order valence-corrected chi connectivity index (χ4v) is 2.10. The molecular weight excluding hydrogens is 214 g/mol. The van der Waals surface area contributed by atoms with Gasteiger partial charge < -0.3 is 4.74 Å². The van der Waals surface area contributed by atoms with Crippen LogP contribution in [-0.4, -0.2) is 12.1 Å². The van der Waals surface area contributed by atoms with E-state index in [1.165, 1.54) is 0 Å². The molecule has 0 aliphatic carbocycles. The maximum Gasteiger partial charge on any atom is 0.293 e. The number of nitriles is 1. The fourth-order valence-electron chi connectivity index (χ4n) is 2.10. The van der Waals surface area contributed by atoms with Crippen molar-refractivity contribution in [3.05, 3.63) is 0 Å². The molecule has 0 heterocycles. The molecule has 0 N–H and O–H groups in total. The first-order chi connectivity index (χ1) is 8.24. The van der Waals surface area contributed by atoms with E-state index in [4.69, 9.17) is 10.00 Å². The molecule has 0 saturated heterocycles. The highest BCUT2D eigenvalue weighted by molar-refractivity contribution is 5.38. The molecule has 0 aliphatic rings. The minimum atomic E-state index is -0.527. The quantitative estimate of drug-likeness (QED) is 0.405. The van der Waals surface area contributed by atoms with Crippen molar-refractivity contribution in [2.24, 2.45) is 0 Å². The summed E-state index contributed by atoms with van der Waals surface area (Å²) in [6.07, 6.45) is 8.53. The molecule has 3 nitrogen and oxygen atoms in total. The molecule has 0 unspecified atom stereocenters. The van der Waals surface area contributed by atoms with Crippen molar-refractivity contribution in [3.63, 3.8) is 0 Å². The van der Waals surface area contributed by atoms with Crippen LogP contribution < -0.4 is 0 Å². The van der Waals surface area contributed by atoms with Gasteiger partial charge in [0, 0.05) is 0 Å². The van der Waals surface area contributed by atoms with Crippen molar-refractivity contribution < 1.29 is 9.53 Å². The lowest BCUT2D eigenvalue weighted by molar-refractivity contribution is -0.145.